The molecule has 1 aliphatic carbocycles. The van der Waals surface area contributed by atoms with Crippen LogP contribution < -0.4 is 0 Å². The second kappa shape index (κ2) is 3.77. The molecule has 3 rings (SSSR count). The van der Waals surface area contributed by atoms with E-state index in [1.807, 2.05) is 36.5 Å². The lowest BCUT2D eigenvalue weighted by atomic mass is 9.99. The average Bonchev–Trinajstić information content (AvgIpc) is 3.08. The molecule has 0 saturated heterocycles. The summed E-state index contributed by atoms with van der Waals surface area (Å²) in [6.45, 7) is 0. The van der Waals surface area contributed by atoms with Crippen molar-refractivity contribution in [1.82, 2.24) is 4.98 Å². The van der Waals surface area contributed by atoms with Gasteiger partial charge in [-0.25, -0.2) is 4.79 Å². The quantitative estimate of drug-likeness (QED) is 0.845. The predicted molar refractivity (Wildman–Crippen MR) is 65.2 cm³/mol. The lowest BCUT2D eigenvalue weighted by Gasteiger charge is -2.03. The van der Waals surface area contributed by atoms with Crippen LogP contribution in [0.3, 0.4) is 0 Å². The minimum Gasteiger partial charge on any atom is -0.477 e. The highest BCUT2D eigenvalue weighted by Gasteiger charge is 2.32. The first-order chi connectivity index (χ1) is 8.27. The summed E-state index contributed by atoms with van der Waals surface area (Å²) < 4.78 is 0. The van der Waals surface area contributed by atoms with E-state index in [1.54, 1.807) is 0 Å². The number of carbonyl (C=O) groups is 1. The normalized spacial score (nSPS) is 14.8. The number of aromatic nitrogens is 1. The standard InChI is InChI=1S/C14H13NO2/c16-14(17)13-12(10-6-7-10)11(8-15-13)9-4-2-1-3-5-9/h1-5,8,10,15H,6-7H2,(H,16,17). The fourth-order valence-corrected chi connectivity index (χ4v) is 2.26. The number of H-pyrrole nitrogens is 1. The molecule has 0 atom stereocenters. The van der Waals surface area contributed by atoms with Crippen molar-refractivity contribution in [2.24, 2.45) is 0 Å². The number of carboxylic acid groups (broad SMARTS) is 1. The molecule has 0 unspecified atom stereocenters. The molecule has 3 heteroatoms. The van der Waals surface area contributed by atoms with Gasteiger partial charge in [-0.1, -0.05) is 30.3 Å². The van der Waals surface area contributed by atoms with E-state index in [-0.39, 0.29) is 0 Å². The Balaban J connectivity index is 2.14. The van der Waals surface area contributed by atoms with Crippen molar-refractivity contribution in [2.45, 2.75) is 18.8 Å². The first-order valence-electron chi connectivity index (χ1n) is 5.77. The van der Waals surface area contributed by atoms with Gasteiger partial charge >= 0.3 is 5.97 Å². The van der Waals surface area contributed by atoms with E-state index in [9.17, 15) is 9.90 Å². The van der Waals surface area contributed by atoms with Gasteiger partial charge in [0.05, 0.1) is 0 Å². The maximum Gasteiger partial charge on any atom is 0.352 e. The molecule has 0 bridgehead atoms. The number of nitrogens with one attached hydrogen (secondary N) is 1. The highest BCUT2D eigenvalue weighted by molar-refractivity contribution is 5.91. The van der Waals surface area contributed by atoms with Gasteiger partial charge in [0.1, 0.15) is 5.69 Å². The third-order valence-corrected chi connectivity index (χ3v) is 3.20. The summed E-state index contributed by atoms with van der Waals surface area (Å²) in [5.41, 5.74) is 3.44. The van der Waals surface area contributed by atoms with Crippen LogP contribution in [0, 0.1) is 0 Å². The Morgan fingerprint density at radius 2 is 1.94 bits per heavy atom. The first-order valence-corrected chi connectivity index (χ1v) is 5.77. The second-order valence-corrected chi connectivity index (χ2v) is 4.44. The Morgan fingerprint density at radius 3 is 2.53 bits per heavy atom. The van der Waals surface area contributed by atoms with Gasteiger partial charge < -0.3 is 10.1 Å². The van der Waals surface area contributed by atoms with Gasteiger partial charge in [0, 0.05) is 11.8 Å². The van der Waals surface area contributed by atoms with Crippen LogP contribution in [0.4, 0.5) is 0 Å². The minimum atomic E-state index is -0.867. The molecule has 1 fully saturated rings. The summed E-state index contributed by atoms with van der Waals surface area (Å²) in [5, 5.41) is 9.17. The largest absolute Gasteiger partial charge is 0.477 e. The van der Waals surface area contributed by atoms with E-state index in [4.69, 9.17) is 0 Å². The zero-order valence-electron chi connectivity index (χ0n) is 9.31. The van der Waals surface area contributed by atoms with E-state index >= 15 is 0 Å². The average molecular weight is 227 g/mol. The number of rotatable bonds is 3. The van der Waals surface area contributed by atoms with Gasteiger partial charge in [0.2, 0.25) is 0 Å². The summed E-state index contributed by atoms with van der Waals surface area (Å²) in [6, 6.07) is 9.94. The van der Waals surface area contributed by atoms with Gasteiger partial charge in [-0.2, -0.15) is 0 Å². The van der Waals surface area contributed by atoms with Crippen LogP contribution >= 0.6 is 0 Å². The highest BCUT2D eigenvalue weighted by atomic mass is 16.4. The molecular weight excluding hydrogens is 214 g/mol. The maximum atomic E-state index is 11.2. The van der Waals surface area contributed by atoms with Crippen LogP contribution in [0.2, 0.25) is 0 Å². The summed E-state index contributed by atoms with van der Waals surface area (Å²) >= 11 is 0. The van der Waals surface area contributed by atoms with Gasteiger partial charge in [-0.15, -0.1) is 0 Å². The van der Waals surface area contributed by atoms with Crippen LogP contribution in [-0.2, 0) is 0 Å². The summed E-state index contributed by atoms with van der Waals surface area (Å²) in [5.74, 6) is -0.448. The third kappa shape index (κ3) is 1.73. The fourth-order valence-electron chi connectivity index (χ4n) is 2.26. The smallest absolute Gasteiger partial charge is 0.352 e. The molecule has 1 aromatic carbocycles. The van der Waals surface area contributed by atoms with E-state index in [2.05, 4.69) is 4.98 Å². The van der Waals surface area contributed by atoms with Crippen molar-refractivity contribution in [1.29, 1.82) is 0 Å². The van der Waals surface area contributed by atoms with Crippen molar-refractivity contribution < 1.29 is 9.90 Å². The first kappa shape index (κ1) is 10.1. The Morgan fingerprint density at radius 1 is 1.24 bits per heavy atom. The van der Waals surface area contributed by atoms with Crippen LogP contribution in [-0.4, -0.2) is 16.1 Å². The van der Waals surface area contributed by atoms with Crippen LogP contribution in [0.15, 0.2) is 36.5 Å². The minimum absolute atomic E-state index is 0.353. The van der Waals surface area contributed by atoms with Gasteiger partial charge in [0.15, 0.2) is 0 Å². The van der Waals surface area contributed by atoms with Crippen molar-refractivity contribution in [3.63, 3.8) is 0 Å². The van der Waals surface area contributed by atoms with E-state index in [1.165, 1.54) is 0 Å². The Bertz CT molecular complexity index is 553. The van der Waals surface area contributed by atoms with Crippen LogP contribution in [0.1, 0.15) is 34.8 Å². The van der Waals surface area contributed by atoms with Crippen molar-refractivity contribution >= 4 is 5.97 Å². The zero-order chi connectivity index (χ0) is 11.8. The molecular formula is C14H13NO2. The number of aromatic carboxylic acids is 1. The molecule has 1 saturated carbocycles. The van der Waals surface area contributed by atoms with Crippen molar-refractivity contribution in [3.8, 4) is 11.1 Å². The molecule has 86 valence electrons. The summed E-state index contributed by atoms with van der Waals surface area (Å²) in [4.78, 5) is 14.1. The number of aromatic amines is 1. The molecule has 17 heavy (non-hydrogen) atoms. The SMILES string of the molecule is O=C(O)c1[nH]cc(-c2ccccc2)c1C1CC1. The zero-order valence-corrected chi connectivity index (χ0v) is 9.31. The molecule has 0 aliphatic heterocycles. The molecule has 1 aromatic heterocycles. The summed E-state index contributed by atoms with van der Waals surface area (Å²) in [7, 11) is 0. The number of hydrogen-bond acceptors (Lipinski definition) is 1. The van der Waals surface area contributed by atoms with Gasteiger partial charge in [-0.05, 0) is 29.9 Å². The van der Waals surface area contributed by atoms with Gasteiger partial charge in [-0.3, -0.25) is 0 Å². The van der Waals surface area contributed by atoms with Crippen LogP contribution in [0.5, 0.6) is 0 Å². The lowest BCUT2D eigenvalue weighted by molar-refractivity contribution is 0.0690. The molecule has 2 N–H and O–H groups in total. The van der Waals surface area contributed by atoms with E-state index in [0.29, 0.717) is 11.6 Å². The second-order valence-electron chi connectivity index (χ2n) is 4.44. The van der Waals surface area contributed by atoms with Crippen LogP contribution in [0.25, 0.3) is 11.1 Å². The van der Waals surface area contributed by atoms with Crippen molar-refractivity contribution in [2.75, 3.05) is 0 Å². The fraction of sp³-hybridized carbons (Fsp3) is 0.214. The van der Waals surface area contributed by atoms with Crippen molar-refractivity contribution in [3.05, 3.63) is 47.8 Å². The molecule has 1 aliphatic rings. The Labute approximate surface area is 99.1 Å². The highest BCUT2D eigenvalue weighted by Crippen LogP contribution is 2.46. The monoisotopic (exact) mass is 227 g/mol. The van der Waals surface area contributed by atoms with E-state index < -0.39 is 5.97 Å². The summed E-state index contributed by atoms with van der Waals surface area (Å²) in [6.07, 6.45) is 4.00. The number of benzene rings is 1. The molecule has 0 spiro atoms. The molecule has 0 radical (unpaired) electrons. The van der Waals surface area contributed by atoms with E-state index in [0.717, 1.165) is 29.5 Å². The topological polar surface area (TPSA) is 53.1 Å². The molecule has 3 nitrogen and oxygen atoms in total. The maximum absolute atomic E-state index is 11.2. The lowest BCUT2D eigenvalue weighted by Crippen LogP contribution is -2.00. The molecule has 0 amide bonds. The molecule has 2 aromatic rings. The Kier molecular flexibility index (Phi) is 2.25. The predicted octanol–water partition coefficient (Wildman–Crippen LogP) is 3.26. The number of carboxylic acids is 1. The van der Waals surface area contributed by atoms with Gasteiger partial charge in [0.25, 0.3) is 0 Å². The molecule has 1 heterocycles. The third-order valence-electron chi connectivity index (χ3n) is 3.20. The Hall–Kier alpha value is -2.03. The number of hydrogen-bond donors (Lipinski definition) is 2.